The quantitative estimate of drug-likeness (QED) is 0.0814. The minimum absolute atomic E-state index is 0.115. The highest BCUT2D eigenvalue weighted by molar-refractivity contribution is 5.87. The van der Waals surface area contributed by atoms with Crippen LogP contribution < -0.4 is 10.6 Å². The van der Waals surface area contributed by atoms with Gasteiger partial charge in [-0.05, 0) is 123 Å². The highest BCUT2D eigenvalue weighted by Gasteiger charge is 2.43. The van der Waals surface area contributed by atoms with E-state index in [1.807, 2.05) is 32.6 Å². The van der Waals surface area contributed by atoms with E-state index >= 15 is 0 Å². The van der Waals surface area contributed by atoms with Gasteiger partial charge in [-0.3, -0.25) is 14.5 Å². The van der Waals surface area contributed by atoms with Gasteiger partial charge in [-0.15, -0.1) is 0 Å². The number of aromatic nitrogens is 4. The maximum atomic E-state index is 13.9. The van der Waals surface area contributed by atoms with Gasteiger partial charge in [0.05, 0.1) is 41.3 Å². The van der Waals surface area contributed by atoms with Crippen molar-refractivity contribution < 1.29 is 29.0 Å². The molecule has 15 nitrogen and oxygen atoms in total. The number of nitrogens with zero attached hydrogens (tertiary/aromatic N) is 5. The van der Waals surface area contributed by atoms with Gasteiger partial charge in [0, 0.05) is 31.2 Å². The fourth-order valence-electron chi connectivity index (χ4n) is 11.6. The molecule has 1 unspecified atom stereocenters. The molecule has 4 amide bonds. The van der Waals surface area contributed by atoms with Crippen molar-refractivity contribution >= 4 is 46.1 Å². The number of rotatable bonds is 12. The number of fused-ring (bicyclic) bond motifs is 2. The van der Waals surface area contributed by atoms with Crippen molar-refractivity contribution in [3.8, 4) is 0 Å². The minimum atomic E-state index is -1.20. The van der Waals surface area contributed by atoms with E-state index < -0.39 is 24.3 Å². The van der Waals surface area contributed by atoms with E-state index in [-0.39, 0.29) is 47.8 Å². The predicted molar refractivity (Wildman–Crippen MR) is 252 cm³/mol. The van der Waals surface area contributed by atoms with Gasteiger partial charge < -0.3 is 40.2 Å². The summed E-state index contributed by atoms with van der Waals surface area (Å²) in [7, 11) is 1.31. The minimum Gasteiger partial charge on any atom is -0.465 e. The van der Waals surface area contributed by atoms with Gasteiger partial charge in [0.25, 0.3) is 0 Å². The number of carbonyl (C=O) groups is 4. The number of H-pyrrole nitrogens is 2. The van der Waals surface area contributed by atoms with Gasteiger partial charge in [-0.25, -0.2) is 19.6 Å². The fourth-order valence-corrected chi connectivity index (χ4v) is 11.6. The molecule has 0 radical (unpaired) electrons. The molecule has 3 aliphatic heterocycles. The molecule has 3 saturated heterocycles. The number of carbonyl (C=O) groups excluding carboxylic acids is 3. The van der Waals surface area contributed by atoms with E-state index in [9.17, 15) is 24.3 Å². The molecular weight excluding hydrogens is 835 g/mol. The number of hydrogen-bond donors (Lipinski definition) is 5. The van der Waals surface area contributed by atoms with Crippen molar-refractivity contribution in [2.45, 2.75) is 140 Å². The van der Waals surface area contributed by atoms with Crippen molar-refractivity contribution in [1.82, 2.24) is 45.3 Å². The monoisotopic (exact) mass is 900 g/mol. The Kier molecular flexibility index (Phi) is 13.1. The molecule has 5 aromatic rings. The molecule has 2 aromatic heterocycles. The standard InChI is InChI=1S/C51H65N9O6/c1-29(2)44(56-50(63)64)48(61)58-25-9-13-42(58)46-52-36-21-17-33(27-38(36)54-46)40-23-24-41(60(40)35-19-15-32(16-20-35)31-11-7-6-8-12-31)34-18-22-37-39(28-34)55-47(53-37)43-14-10-26-59(43)49(62)45(30(3)4)57-51(65)66-5/h6-8,11-12,17-18,21-22,27-30,32,35,40-45,56H,9-10,13-16,19-20,23-26H2,1-5H3,(H,52,54)(H,53,55)(H,57,65)(H,63,64)/t32?,35?,40-,41?,42+,43+,44+,45+/m1/s1. The number of methoxy groups -OCH3 is 1. The topological polar surface area (TPSA) is 189 Å². The SMILES string of the molecule is COC(=O)N[C@H](C(=O)N1CCC[C@H]1c1nc2ccc(C3CC[C@H](c4ccc5nc([C@@H]6CCCN6C(=O)[C@@H](NC(=O)O)C(C)C)[nH]c5c4)N3C3CCC(c4ccccc4)CC3)cc2[nH]1)C(C)C. The average molecular weight is 900 g/mol. The molecule has 4 fully saturated rings. The Balaban J connectivity index is 0.992. The van der Waals surface area contributed by atoms with Crippen LogP contribution in [0.3, 0.4) is 0 Å². The van der Waals surface area contributed by atoms with E-state index in [0.717, 1.165) is 97.9 Å². The van der Waals surface area contributed by atoms with E-state index in [1.165, 1.54) is 23.8 Å². The summed E-state index contributed by atoms with van der Waals surface area (Å²) < 4.78 is 4.84. The van der Waals surface area contributed by atoms with Crippen LogP contribution in [0, 0.1) is 11.8 Å². The number of carboxylic acid groups (broad SMARTS) is 1. The first kappa shape index (κ1) is 45.2. The summed E-state index contributed by atoms with van der Waals surface area (Å²) in [4.78, 5) is 75.2. The van der Waals surface area contributed by atoms with Crippen molar-refractivity contribution in [2.75, 3.05) is 20.2 Å². The van der Waals surface area contributed by atoms with Crippen molar-refractivity contribution in [1.29, 1.82) is 0 Å². The zero-order valence-corrected chi connectivity index (χ0v) is 38.8. The smallest absolute Gasteiger partial charge is 0.407 e. The number of hydrogen-bond acceptors (Lipinski definition) is 8. The second-order valence-corrected chi connectivity index (χ2v) is 19.7. The second kappa shape index (κ2) is 19.1. The summed E-state index contributed by atoms with van der Waals surface area (Å²) in [6.07, 6.45) is 7.86. The highest BCUT2D eigenvalue weighted by atomic mass is 16.5. The first-order valence-electron chi connectivity index (χ1n) is 24.1. The molecule has 5 N–H and O–H groups in total. The molecule has 350 valence electrons. The van der Waals surface area contributed by atoms with Crippen LogP contribution in [0.4, 0.5) is 9.59 Å². The van der Waals surface area contributed by atoms with Crippen LogP contribution in [0.2, 0.25) is 0 Å². The number of benzene rings is 3. The van der Waals surface area contributed by atoms with E-state index in [2.05, 4.69) is 92.2 Å². The van der Waals surface area contributed by atoms with Crippen LogP contribution in [0.15, 0.2) is 66.7 Å². The van der Waals surface area contributed by atoms with Gasteiger partial charge >= 0.3 is 12.2 Å². The fraction of sp³-hybridized carbons (Fsp3) is 0.529. The first-order chi connectivity index (χ1) is 31.9. The summed E-state index contributed by atoms with van der Waals surface area (Å²) in [6, 6.07) is 22.9. The van der Waals surface area contributed by atoms with E-state index in [1.54, 1.807) is 4.90 Å². The lowest BCUT2D eigenvalue weighted by molar-refractivity contribution is -0.136. The van der Waals surface area contributed by atoms with Crippen molar-refractivity contribution in [3.63, 3.8) is 0 Å². The first-order valence-corrected chi connectivity index (χ1v) is 24.1. The molecule has 4 aliphatic rings. The molecule has 3 aromatic carbocycles. The number of ether oxygens (including phenoxy) is 1. The maximum Gasteiger partial charge on any atom is 0.407 e. The molecule has 5 heterocycles. The molecule has 1 saturated carbocycles. The predicted octanol–water partition coefficient (Wildman–Crippen LogP) is 9.04. The van der Waals surface area contributed by atoms with E-state index in [0.29, 0.717) is 25.0 Å². The Morgan fingerprint density at radius 2 is 1.14 bits per heavy atom. The third kappa shape index (κ3) is 8.98. The Labute approximate surface area is 386 Å². The number of alkyl carbamates (subject to hydrolysis) is 1. The Bertz CT molecular complexity index is 2550. The van der Waals surface area contributed by atoms with Crippen molar-refractivity contribution in [3.05, 3.63) is 95.1 Å². The van der Waals surface area contributed by atoms with Crippen LogP contribution in [0.25, 0.3) is 22.1 Å². The van der Waals surface area contributed by atoms with Gasteiger partial charge in [0.1, 0.15) is 23.7 Å². The zero-order valence-electron chi connectivity index (χ0n) is 38.8. The number of aromatic amines is 2. The molecule has 0 bridgehead atoms. The summed E-state index contributed by atoms with van der Waals surface area (Å²) >= 11 is 0. The maximum absolute atomic E-state index is 13.9. The van der Waals surface area contributed by atoms with Gasteiger partial charge in [0.15, 0.2) is 0 Å². The molecule has 6 atom stereocenters. The van der Waals surface area contributed by atoms with Crippen LogP contribution in [0.1, 0.15) is 150 Å². The van der Waals surface area contributed by atoms with Gasteiger partial charge in [-0.2, -0.15) is 0 Å². The molecule has 0 spiro atoms. The normalized spacial score (nSPS) is 24.7. The number of likely N-dealkylation sites (tertiary alicyclic amines) is 3. The van der Waals surface area contributed by atoms with Gasteiger partial charge in [0.2, 0.25) is 11.8 Å². The number of nitrogens with one attached hydrogen (secondary N) is 4. The third-order valence-electron chi connectivity index (χ3n) is 14.9. The molecule has 15 heteroatoms. The lowest BCUT2D eigenvalue weighted by atomic mass is 9.80. The van der Waals surface area contributed by atoms with E-state index in [4.69, 9.17) is 14.7 Å². The summed E-state index contributed by atoms with van der Waals surface area (Å²) in [5.74, 6) is 1.41. The number of imidazole rings is 2. The zero-order chi connectivity index (χ0) is 46.2. The summed E-state index contributed by atoms with van der Waals surface area (Å²) in [5, 5.41) is 14.7. The molecule has 9 rings (SSSR count). The Morgan fingerprint density at radius 1 is 0.636 bits per heavy atom. The highest BCUT2D eigenvalue weighted by Crippen LogP contribution is 2.50. The Morgan fingerprint density at radius 3 is 1.61 bits per heavy atom. The summed E-state index contributed by atoms with van der Waals surface area (Å²) in [5.41, 5.74) is 7.53. The molecular formula is C51H65N9O6. The largest absolute Gasteiger partial charge is 0.465 e. The lowest BCUT2D eigenvalue weighted by Crippen LogP contribution is -2.51. The van der Waals surface area contributed by atoms with Gasteiger partial charge in [-0.1, -0.05) is 70.2 Å². The van der Waals surface area contributed by atoms with Crippen molar-refractivity contribution in [2.24, 2.45) is 11.8 Å². The Hall–Kier alpha value is -5.96. The average Bonchev–Trinajstić information content (AvgIpc) is 4.18. The molecule has 66 heavy (non-hydrogen) atoms. The number of amides is 4. The molecule has 1 aliphatic carbocycles. The lowest BCUT2D eigenvalue weighted by Gasteiger charge is -2.41. The van der Waals surface area contributed by atoms with Crippen LogP contribution in [-0.4, -0.2) is 102 Å². The third-order valence-corrected chi connectivity index (χ3v) is 14.9. The summed E-state index contributed by atoms with van der Waals surface area (Å²) in [6.45, 7) is 8.72. The van der Waals surface area contributed by atoms with Crippen LogP contribution in [-0.2, 0) is 14.3 Å². The van der Waals surface area contributed by atoms with Crippen LogP contribution >= 0.6 is 0 Å². The second-order valence-electron chi connectivity index (χ2n) is 19.7. The van der Waals surface area contributed by atoms with Crippen LogP contribution in [0.5, 0.6) is 0 Å².